The van der Waals surface area contributed by atoms with Gasteiger partial charge in [-0.25, -0.2) is 26.3 Å². The maximum Gasteiger partial charge on any atom is 0.267 e. The van der Waals surface area contributed by atoms with Crippen LogP contribution in [0.1, 0.15) is 35.2 Å². The van der Waals surface area contributed by atoms with E-state index >= 15 is 0 Å². The van der Waals surface area contributed by atoms with Crippen molar-refractivity contribution in [2.75, 3.05) is 0 Å². The molecule has 3 rings (SSSR count). The highest BCUT2D eigenvalue weighted by Gasteiger charge is 2.26. The second kappa shape index (κ2) is 6.51. The number of rotatable bonds is 6. The van der Waals surface area contributed by atoms with Gasteiger partial charge in [-0.05, 0) is 24.8 Å². The van der Waals surface area contributed by atoms with Gasteiger partial charge in [0.1, 0.15) is 10.7 Å². The van der Waals surface area contributed by atoms with Crippen molar-refractivity contribution in [1.29, 1.82) is 0 Å². The lowest BCUT2D eigenvalue weighted by Crippen LogP contribution is -2.31. The molecule has 1 fully saturated rings. The van der Waals surface area contributed by atoms with Crippen molar-refractivity contribution < 1.29 is 26.4 Å². The molecule has 0 unspecified atom stereocenters. The van der Waals surface area contributed by atoms with Gasteiger partial charge in [-0.15, -0.1) is 0 Å². The predicted octanol–water partition coefficient (Wildman–Crippen LogP) is 2.49. The highest BCUT2D eigenvalue weighted by atomic mass is 32.2. The highest BCUT2D eigenvalue weighted by molar-refractivity contribution is 7.90. The van der Waals surface area contributed by atoms with E-state index in [1.165, 1.54) is 10.9 Å². The molecule has 0 spiro atoms. The summed E-state index contributed by atoms with van der Waals surface area (Å²) in [6, 6.07) is 2.82. The second-order valence-electron chi connectivity index (χ2n) is 5.79. The summed E-state index contributed by atoms with van der Waals surface area (Å²) in [5.41, 5.74) is -1.74. The van der Waals surface area contributed by atoms with E-state index in [2.05, 4.69) is 5.10 Å². The number of sulfonamides is 1. The van der Waals surface area contributed by atoms with E-state index in [-0.39, 0.29) is 4.90 Å². The van der Waals surface area contributed by atoms with Gasteiger partial charge in [0.2, 0.25) is 0 Å². The number of aromatic nitrogens is 2. The van der Waals surface area contributed by atoms with Crippen LogP contribution in [0.5, 0.6) is 0 Å². The van der Waals surface area contributed by atoms with Crippen LogP contribution in [-0.4, -0.2) is 24.1 Å². The Kier molecular flexibility index (Phi) is 4.55. The van der Waals surface area contributed by atoms with E-state index in [4.69, 9.17) is 0 Å². The normalized spacial score (nSPS) is 14.7. The molecule has 0 atom stereocenters. The number of carbonyl (C=O) groups excluding carboxylic acids is 1. The van der Waals surface area contributed by atoms with Crippen LogP contribution >= 0.6 is 0 Å². The molecule has 0 saturated heterocycles. The van der Waals surface area contributed by atoms with E-state index in [0.29, 0.717) is 12.5 Å². The summed E-state index contributed by atoms with van der Waals surface area (Å²) < 4.78 is 66.9. The third-order valence-corrected chi connectivity index (χ3v) is 5.08. The summed E-state index contributed by atoms with van der Waals surface area (Å²) in [6.45, 7) is 0.578. The lowest BCUT2D eigenvalue weighted by Gasteiger charge is -2.08. The zero-order valence-electron chi connectivity index (χ0n) is 12.8. The van der Waals surface area contributed by atoms with Gasteiger partial charge >= 0.3 is 0 Å². The molecule has 1 heterocycles. The van der Waals surface area contributed by atoms with E-state index in [9.17, 15) is 26.4 Å². The van der Waals surface area contributed by atoms with Crippen LogP contribution in [0, 0.1) is 11.7 Å². The Bertz CT molecular complexity index is 908. The molecule has 1 N–H and O–H groups in total. The smallest absolute Gasteiger partial charge is 0.267 e. The monoisotopic (exact) mass is 373 g/mol. The molecule has 25 heavy (non-hydrogen) atoms. The number of benzene rings is 1. The lowest BCUT2D eigenvalue weighted by atomic mass is 10.1. The van der Waals surface area contributed by atoms with Gasteiger partial charge in [-0.3, -0.25) is 9.48 Å². The fourth-order valence-corrected chi connectivity index (χ4v) is 3.20. The number of nitrogens with zero attached hydrogens (tertiary/aromatic N) is 2. The quantitative estimate of drug-likeness (QED) is 0.844. The average Bonchev–Trinajstić information content (AvgIpc) is 3.20. The number of hydrogen-bond acceptors (Lipinski definition) is 4. The Balaban J connectivity index is 1.79. The van der Waals surface area contributed by atoms with Gasteiger partial charge in [0.05, 0.1) is 17.3 Å². The van der Waals surface area contributed by atoms with E-state index in [1.807, 2.05) is 0 Å². The van der Waals surface area contributed by atoms with Crippen molar-refractivity contribution in [1.82, 2.24) is 14.5 Å². The highest BCUT2D eigenvalue weighted by Crippen LogP contribution is 2.30. The van der Waals surface area contributed by atoms with Crippen molar-refractivity contribution >= 4 is 15.9 Å². The fraction of sp³-hybridized carbons (Fsp3) is 0.333. The van der Waals surface area contributed by atoms with Gasteiger partial charge in [0.25, 0.3) is 22.4 Å². The van der Waals surface area contributed by atoms with Crippen LogP contribution < -0.4 is 4.72 Å². The number of halogens is 3. The summed E-state index contributed by atoms with van der Waals surface area (Å²) in [7, 11) is -4.29. The zero-order valence-corrected chi connectivity index (χ0v) is 13.6. The third kappa shape index (κ3) is 3.84. The van der Waals surface area contributed by atoms with Gasteiger partial charge in [0.15, 0.2) is 0 Å². The Labute approximate surface area is 141 Å². The van der Waals surface area contributed by atoms with Crippen molar-refractivity contribution in [3.8, 4) is 0 Å². The van der Waals surface area contributed by atoms with E-state index in [0.717, 1.165) is 37.2 Å². The molecule has 0 aliphatic heterocycles. The van der Waals surface area contributed by atoms with Crippen LogP contribution in [-0.2, 0) is 16.6 Å². The first kappa shape index (κ1) is 17.5. The maximum atomic E-state index is 14.0. The van der Waals surface area contributed by atoms with Gasteiger partial charge in [-0.1, -0.05) is 12.1 Å². The first-order valence-electron chi connectivity index (χ1n) is 7.44. The Hall–Kier alpha value is -2.36. The van der Waals surface area contributed by atoms with E-state index in [1.54, 1.807) is 4.72 Å². The molecule has 134 valence electrons. The molecule has 1 amide bonds. The third-order valence-electron chi connectivity index (χ3n) is 3.80. The van der Waals surface area contributed by atoms with Gasteiger partial charge in [0, 0.05) is 12.7 Å². The summed E-state index contributed by atoms with van der Waals surface area (Å²) in [5.74, 6) is -2.30. The van der Waals surface area contributed by atoms with Crippen molar-refractivity contribution in [3.05, 3.63) is 47.5 Å². The topological polar surface area (TPSA) is 81.1 Å². The minimum absolute atomic E-state index is 0.257. The lowest BCUT2D eigenvalue weighted by molar-refractivity contribution is 0.0975. The number of amides is 1. The molecule has 6 nitrogen and oxygen atoms in total. The van der Waals surface area contributed by atoms with E-state index < -0.39 is 39.3 Å². The first-order valence-corrected chi connectivity index (χ1v) is 8.92. The first-order chi connectivity index (χ1) is 11.8. The maximum absolute atomic E-state index is 14.0. The number of alkyl halides is 2. The van der Waals surface area contributed by atoms with Crippen LogP contribution in [0.3, 0.4) is 0 Å². The second-order valence-corrected chi connectivity index (χ2v) is 7.47. The molecule has 10 heteroatoms. The van der Waals surface area contributed by atoms with Crippen molar-refractivity contribution in [2.24, 2.45) is 5.92 Å². The summed E-state index contributed by atoms with van der Waals surface area (Å²) in [4.78, 5) is 11.8. The largest absolute Gasteiger partial charge is 0.271 e. The molecule has 1 aromatic carbocycles. The van der Waals surface area contributed by atoms with Gasteiger partial charge in [-0.2, -0.15) is 5.10 Å². The summed E-state index contributed by atoms with van der Waals surface area (Å²) >= 11 is 0. The van der Waals surface area contributed by atoms with Crippen LogP contribution in [0.4, 0.5) is 13.2 Å². The molecule has 0 radical (unpaired) electrons. The molecule has 1 aliphatic carbocycles. The zero-order chi connectivity index (χ0) is 18.2. The van der Waals surface area contributed by atoms with Crippen LogP contribution in [0.15, 0.2) is 35.5 Å². The molecule has 2 aromatic rings. The Morgan fingerprint density at radius 1 is 1.36 bits per heavy atom. The molecular formula is C15H14F3N3O3S. The van der Waals surface area contributed by atoms with Gasteiger partial charge < -0.3 is 0 Å². The SMILES string of the molecule is O=C(NS(=O)(=O)c1cnn(CC2CC2)c1)c1cccc(C(F)F)c1F. The van der Waals surface area contributed by atoms with Crippen LogP contribution in [0.25, 0.3) is 0 Å². The Morgan fingerprint density at radius 3 is 2.72 bits per heavy atom. The minimum Gasteiger partial charge on any atom is -0.271 e. The minimum atomic E-state index is -4.29. The molecular weight excluding hydrogens is 359 g/mol. The molecule has 1 saturated carbocycles. The summed E-state index contributed by atoms with van der Waals surface area (Å²) in [6.07, 6.45) is 1.32. The summed E-state index contributed by atoms with van der Waals surface area (Å²) in [5, 5.41) is 3.91. The number of nitrogens with one attached hydrogen (secondary N) is 1. The molecule has 1 aromatic heterocycles. The Morgan fingerprint density at radius 2 is 2.08 bits per heavy atom. The fourth-order valence-electron chi connectivity index (χ4n) is 2.28. The standard InChI is InChI=1S/C15H14F3N3O3S/c16-13-11(14(17)18)2-1-3-12(13)15(22)20-25(23,24)10-6-19-21(8-10)7-9-4-5-9/h1-3,6,8-9,14H,4-5,7H2,(H,20,22). The molecule has 1 aliphatic rings. The van der Waals surface area contributed by atoms with Crippen molar-refractivity contribution in [3.63, 3.8) is 0 Å². The van der Waals surface area contributed by atoms with Crippen LogP contribution in [0.2, 0.25) is 0 Å². The average molecular weight is 373 g/mol. The number of hydrogen-bond donors (Lipinski definition) is 1. The molecule has 0 bridgehead atoms. The number of carbonyl (C=O) groups is 1. The van der Waals surface area contributed by atoms with Crippen molar-refractivity contribution in [2.45, 2.75) is 30.7 Å². The predicted molar refractivity (Wildman–Crippen MR) is 81.0 cm³/mol.